The Morgan fingerprint density at radius 2 is 1.38 bits per heavy atom. The molecule has 0 atom stereocenters. The Balaban J connectivity index is 1.78. The third kappa shape index (κ3) is 7.87. The smallest absolute Gasteiger partial charge is 0.306 e. The lowest BCUT2D eigenvalue weighted by atomic mass is 10.0. The van der Waals surface area contributed by atoms with Gasteiger partial charge in [-0.25, -0.2) is 0 Å². The highest BCUT2D eigenvalue weighted by Gasteiger charge is 2.15. The first-order chi connectivity index (χ1) is 17.8. The van der Waals surface area contributed by atoms with E-state index in [4.69, 9.17) is 18.9 Å². The second kappa shape index (κ2) is 13.2. The third-order valence-corrected chi connectivity index (χ3v) is 5.57. The number of methoxy groups -OCH3 is 2. The first-order valence-corrected chi connectivity index (χ1v) is 12.0. The first kappa shape index (κ1) is 27.3. The van der Waals surface area contributed by atoms with Gasteiger partial charge in [-0.15, -0.1) is 0 Å². The molecular weight excluding hydrogens is 470 g/mol. The quantitative estimate of drug-likeness (QED) is 0.192. The summed E-state index contributed by atoms with van der Waals surface area (Å²) in [7, 11) is 6.61. The van der Waals surface area contributed by atoms with Gasteiger partial charge in [0.15, 0.2) is 0 Å². The number of benzene rings is 3. The lowest BCUT2D eigenvalue weighted by Gasteiger charge is -2.15. The summed E-state index contributed by atoms with van der Waals surface area (Å²) < 4.78 is 21.7. The largest absolute Gasteiger partial charge is 0.497 e. The minimum atomic E-state index is -0.199. The van der Waals surface area contributed by atoms with Crippen LogP contribution in [0.5, 0.6) is 23.0 Å². The third-order valence-electron chi connectivity index (χ3n) is 5.57. The molecule has 37 heavy (non-hydrogen) atoms. The van der Waals surface area contributed by atoms with E-state index >= 15 is 0 Å². The molecule has 1 amide bonds. The Morgan fingerprint density at radius 1 is 0.811 bits per heavy atom. The van der Waals surface area contributed by atoms with Crippen LogP contribution in [0.1, 0.15) is 30.0 Å². The van der Waals surface area contributed by atoms with E-state index in [0.29, 0.717) is 48.0 Å². The lowest BCUT2D eigenvalue weighted by molar-refractivity contribution is -0.143. The number of ether oxygens (including phenoxy) is 4. The molecule has 0 saturated carbocycles. The van der Waals surface area contributed by atoms with Crippen LogP contribution in [0.3, 0.4) is 0 Å². The zero-order valence-electron chi connectivity index (χ0n) is 21.9. The van der Waals surface area contributed by atoms with Gasteiger partial charge in [0.05, 0.1) is 20.8 Å². The van der Waals surface area contributed by atoms with Gasteiger partial charge >= 0.3 is 5.97 Å². The molecule has 3 aromatic carbocycles. The van der Waals surface area contributed by atoms with E-state index in [-0.39, 0.29) is 11.9 Å². The van der Waals surface area contributed by atoms with E-state index < -0.39 is 0 Å². The Bertz CT molecular complexity index is 1210. The number of carbonyl (C=O) groups excluding carboxylic acids is 2. The van der Waals surface area contributed by atoms with Gasteiger partial charge in [0, 0.05) is 32.2 Å². The number of aryl methyl sites for hydroxylation is 1. The summed E-state index contributed by atoms with van der Waals surface area (Å²) in [5, 5.41) is 0. The number of nitrogens with zero attached hydrogens (tertiary/aromatic N) is 1. The van der Waals surface area contributed by atoms with Crippen molar-refractivity contribution in [2.75, 3.05) is 34.9 Å². The van der Waals surface area contributed by atoms with Crippen LogP contribution in [0, 0.1) is 0 Å². The molecule has 0 aromatic heterocycles. The van der Waals surface area contributed by atoms with Crippen molar-refractivity contribution in [1.29, 1.82) is 0 Å². The van der Waals surface area contributed by atoms with E-state index in [1.165, 1.54) is 4.90 Å². The molecule has 0 heterocycles. The highest BCUT2D eigenvalue weighted by molar-refractivity contribution is 6.24. The minimum Gasteiger partial charge on any atom is -0.497 e. The number of hydrogen-bond donors (Lipinski definition) is 0. The summed E-state index contributed by atoms with van der Waals surface area (Å²) in [6.45, 7) is 2.19. The molecule has 0 spiro atoms. The van der Waals surface area contributed by atoms with Gasteiger partial charge in [-0.05, 0) is 72.5 Å². The maximum Gasteiger partial charge on any atom is 0.306 e. The molecular formula is C30H33NO6. The van der Waals surface area contributed by atoms with Crippen LogP contribution < -0.4 is 14.2 Å². The monoisotopic (exact) mass is 503 g/mol. The fraction of sp³-hybridized carbons (Fsp3) is 0.267. The van der Waals surface area contributed by atoms with Crippen LogP contribution >= 0.6 is 0 Å². The van der Waals surface area contributed by atoms with Crippen molar-refractivity contribution in [3.05, 3.63) is 83.4 Å². The molecule has 0 aliphatic heterocycles. The van der Waals surface area contributed by atoms with Gasteiger partial charge in [0.1, 0.15) is 23.0 Å². The van der Waals surface area contributed by atoms with E-state index in [1.807, 2.05) is 66.7 Å². The van der Waals surface area contributed by atoms with E-state index in [9.17, 15) is 9.59 Å². The highest BCUT2D eigenvalue weighted by atomic mass is 16.5. The highest BCUT2D eigenvalue weighted by Crippen LogP contribution is 2.29. The number of esters is 1. The molecule has 0 saturated heterocycles. The zero-order valence-corrected chi connectivity index (χ0v) is 21.9. The molecule has 0 aliphatic carbocycles. The fourth-order valence-corrected chi connectivity index (χ4v) is 3.63. The predicted molar refractivity (Wildman–Crippen MR) is 144 cm³/mol. The van der Waals surface area contributed by atoms with E-state index in [1.54, 1.807) is 41.3 Å². The SMILES string of the molecule is CCOC(=O)CCc1ccc(Oc2ccc(C(=Cc3cc(OC)cc(OC)c3)C(=O)N(C)C)cc2)cc1. The second-order valence-corrected chi connectivity index (χ2v) is 8.48. The number of amides is 1. The topological polar surface area (TPSA) is 74.3 Å². The minimum absolute atomic E-state index is 0.131. The standard InChI is InChI=1S/C30H33NO6/c1-6-36-29(32)16-9-21-7-12-24(13-8-21)37-25-14-10-23(11-15-25)28(30(33)31(2)3)19-22-17-26(34-4)20-27(18-22)35-5/h7-8,10-15,17-20H,6,9,16H2,1-5H3. The van der Waals surface area contributed by atoms with Crippen molar-refractivity contribution >= 4 is 23.5 Å². The molecule has 0 unspecified atom stereocenters. The van der Waals surface area contributed by atoms with Crippen LogP contribution in [-0.2, 0) is 20.7 Å². The van der Waals surface area contributed by atoms with Crippen LogP contribution in [0.4, 0.5) is 0 Å². The number of hydrogen-bond acceptors (Lipinski definition) is 6. The van der Waals surface area contributed by atoms with Gasteiger partial charge in [-0.3, -0.25) is 9.59 Å². The van der Waals surface area contributed by atoms with Crippen molar-refractivity contribution in [2.24, 2.45) is 0 Å². The van der Waals surface area contributed by atoms with Gasteiger partial charge < -0.3 is 23.8 Å². The van der Waals surface area contributed by atoms with Crippen molar-refractivity contribution in [3.8, 4) is 23.0 Å². The van der Waals surface area contributed by atoms with Gasteiger partial charge in [0.25, 0.3) is 5.91 Å². The summed E-state index contributed by atoms with van der Waals surface area (Å²) >= 11 is 0. The maximum atomic E-state index is 13.0. The molecule has 0 radical (unpaired) electrons. The summed E-state index contributed by atoms with van der Waals surface area (Å²) in [4.78, 5) is 26.1. The molecule has 0 bridgehead atoms. The van der Waals surface area contributed by atoms with Crippen molar-refractivity contribution in [1.82, 2.24) is 4.90 Å². The normalized spacial score (nSPS) is 11.0. The maximum absolute atomic E-state index is 13.0. The average molecular weight is 504 g/mol. The molecule has 3 rings (SSSR count). The van der Waals surface area contributed by atoms with Gasteiger partial charge in [-0.2, -0.15) is 0 Å². The Morgan fingerprint density at radius 3 is 1.89 bits per heavy atom. The van der Waals surface area contributed by atoms with Crippen molar-refractivity contribution in [3.63, 3.8) is 0 Å². The second-order valence-electron chi connectivity index (χ2n) is 8.48. The zero-order chi connectivity index (χ0) is 26.8. The van der Waals surface area contributed by atoms with Crippen molar-refractivity contribution in [2.45, 2.75) is 19.8 Å². The number of rotatable bonds is 11. The Kier molecular flexibility index (Phi) is 9.72. The molecule has 194 valence electrons. The van der Waals surface area contributed by atoms with Crippen LogP contribution in [0.2, 0.25) is 0 Å². The summed E-state index contributed by atoms with van der Waals surface area (Å²) in [5.74, 6) is 2.26. The number of likely N-dealkylation sites (N-methyl/N-ethyl adjacent to an activating group) is 1. The van der Waals surface area contributed by atoms with Gasteiger partial charge in [0.2, 0.25) is 0 Å². The Labute approximate surface area is 218 Å². The van der Waals surface area contributed by atoms with E-state index in [0.717, 1.165) is 16.7 Å². The lowest BCUT2D eigenvalue weighted by Crippen LogP contribution is -2.22. The molecule has 0 N–H and O–H groups in total. The summed E-state index contributed by atoms with van der Waals surface area (Å²) in [6, 6.07) is 20.4. The first-order valence-electron chi connectivity index (χ1n) is 12.0. The predicted octanol–water partition coefficient (Wildman–Crippen LogP) is 5.62. The number of carbonyl (C=O) groups is 2. The fourth-order valence-electron chi connectivity index (χ4n) is 3.63. The van der Waals surface area contributed by atoms with Crippen LogP contribution in [-0.4, -0.2) is 51.7 Å². The van der Waals surface area contributed by atoms with Gasteiger partial charge in [-0.1, -0.05) is 24.3 Å². The average Bonchev–Trinajstić information content (AvgIpc) is 2.91. The molecule has 0 fully saturated rings. The summed E-state index contributed by atoms with van der Waals surface area (Å²) in [5.41, 5.74) is 3.09. The molecule has 0 aliphatic rings. The van der Waals surface area contributed by atoms with Crippen molar-refractivity contribution < 1.29 is 28.5 Å². The molecule has 7 heteroatoms. The van der Waals surface area contributed by atoms with Crippen LogP contribution in [0.15, 0.2) is 66.7 Å². The molecule has 3 aromatic rings. The summed E-state index contributed by atoms with van der Waals surface area (Å²) in [6.07, 6.45) is 2.78. The Hall–Kier alpha value is -4.26. The van der Waals surface area contributed by atoms with E-state index in [2.05, 4.69) is 0 Å². The molecule has 7 nitrogen and oxygen atoms in total. The van der Waals surface area contributed by atoms with Crippen LogP contribution in [0.25, 0.3) is 11.6 Å².